The van der Waals surface area contributed by atoms with E-state index in [0.717, 1.165) is 12.0 Å². The summed E-state index contributed by atoms with van der Waals surface area (Å²) in [5.74, 6) is 0.657. The average Bonchev–Trinajstić information content (AvgIpc) is 3.35. The lowest BCUT2D eigenvalue weighted by atomic mass is 9.85. The molecule has 0 radical (unpaired) electrons. The number of fused-ring (bicyclic) bond motifs is 5. The molecular formula is C22H18ClNO3. The Morgan fingerprint density at radius 1 is 0.963 bits per heavy atom. The second kappa shape index (κ2) is 6.24. The van der Waals surface area contributed by atoms with E-state index in [1.165, 1.54) is 4.90 Å². The first-order chi connectivity index (χ1) is 13.1. The topological polar surface area (TPSA) is 46.6 Å². The molecule has 2 fully saturated rings. The van der Waals surface area contributed by atoms with Crippen molar-refractivity contribution < 1.29 is 14.3 Å². The van der Waals surface area contributed by atoms with Crippen molar-refractivity contribution in [1.29, 1.82) is 0 Å². The molecule has 136 valence electrons. The number of amides is 2. The zero-order valence-corrected chi connectivity index (χ0v) is 15.3. The fourth-order valence-corrected chi connectivity index (χ4v) is 4.85. The molecule has 3 aliphatic rings. The van der Waals surface area contributed by atoms with Crippen LogP contribution in [0.5, 0.6) is 5.75 Å². The first-order valence-electron chi connectivity index (χ1n) is 9.15. The molecule has 0 spiro atoms. The van der Waals surface area contributed by atoms with Crippen LogP contribution in [0.4, 0.5) is 5.69 Å². The number of ether oxygens (including phenoxy) is 1. The van der Waals surface area contributed by atoms with Crippen LogP contribution in [0.1, 0.15) is 12.0 Å². The lowest BCUT2D eigenvalue weighted by molar-refractivity contribution is -0.123. The summed E-state index contributed by atoms with van der Waals surface area (Å²) >= 11 is 5.98. The van der Waals surface area contributed by atoms with E-state index in [4.69, 9.17) is 16.3 Å². The first kappa shape index (κ1) is 16.6. The maximum Gasteiger partial charge on any atom is 0.238 e. The van der Waals surface area contributed by atoms with E-state index >= 15 is 0 Å². The number of imide groups is 1. The molecule has 2 aromatic carbocycles. The van der Waals surface area contributed by atoms with E-state index in [1.807, 2.05) is 24.3 Å². The molecule has 1 saturated heterocycles. The second-order valence-corrected chi connectivity index (χ2v) is 7.86. The van der Waals surface area contributed by atoms with Gasteiger partial charge in [0.05, 0.1) is 17.5 Å². The molecule has 0 aromatic heterocycles. The lowest BCUT2D eigenvalue weighted by Gasteiger charge is -2.17. The molecule has 1 aliphatic heterocycles. The molecule has 0 unspecified atom stereocenters. The Morgan fingerprint density at radius 3 is 2.26 bits per heavy atom. The number of hydrogen-bond donors (Lipinski definition) is 0. The molecule has 2 aliphatic carbocycles. The Bertz CT molecular complexity index is 922. The Hall–Kier alpha value is -2.59. The summed E-state index contributed by atoms with van der Waals surface area (Å²) in [6.45, 7) is 0.403. The number of carbonyl (C=O) groups excluding carboxylic acids is 2. The molecule has 4 nitrogen and oxygen atoms in total. The number of halogens is 1. The number of anilines is 1. The van der Waals surface area contributed by atoms with Crippen LogP contribution in [-0.4, -0.2) is 11.8 Å². The molecule has 2 amide bonds. The fraction of sp³-hybridized carbons (Fsp3) is 0.273. The highest BCUT2D eigenvalue weighted by Crippen LogP contribution is 2.53. The third-order valence-electron chi connectivity index (χ3n) is 5.86. The summed E-state index contributed by atoms with van der Waals surface area (Å²) < 4.78 is 5.78. The minimum atomic E-state index is -0.175. The second-order valence-electron chi connectivity index (χ2n) is 7.42. The smallest absolute Gasteiger partial charge is 0.238 e. The van der Waals surface area contributed by atoms with Gasteiger partial charge >= 0.3 is 0 Å². The van der Waals surface area contributed by atoms with Crippen molar-refractivity contribution in [3.63, 3.8) is 0 Å². The number of nitrogens with zero attached hydrogens (tertiary/aromatic N) is 1. The summed E-state index contributed by atoms with van der Waals surface area (Å²) in [7, 11) is 0. The van der Waals surface area contributed by atoms with Crippen LogP contribution in [0, 0.1) is 23.7 Å². The quantitative estimate of drug-likeness (QED) is 0.590. The molecule has 1 heterocycles. The largest absolute Gasteiger partial charge is 0.489 e. The Labute approximate surface area is 162 Å². The van der Waals surface area contributed by atoms with Crippen LogP contribution < -0.4 is 9.64 Å². The van der Waals surface area contributed by atoms with Crippen LogP contribution in [0.15, 0.2) is 60.7 Å². The van der Waals surface area contributed by atoms with Gasteiger partial charge in [0.15, 0.2) is 0 Å². The zero-order chi connectivity index (χ0) is 18.5. The van der Waals surface area contributed by atoms with Gasteiger partial charge in [0.2, 0.25) is 11.8 Å². The summed E-state index contributed by atoms with van der Waals surface area (Å²) in [5, 5.41) is 0.673. The summed E-state index contributed by atoms with van der Waals surface area (Å²) in [6, 6.07) is 14.7. The number of rotatable bonds is 4. The van der Waals surface area contributed by atoms with Gasteiger partial charge in [-0.05, 0) is 60.2 Å². The molecule has 5 rings (SSSR count). The van der Waals surface area contributed by atoms with Gasteiger partial charge in [0.1, 0.15) is 12.4 Å². The van der Waals surface area contributed by atoms with E-state index in [1.54, 1.807) is 24.3 Å². The van der Waals surface area contributed by atoms with E-state index in [9.17, 15) is 9.59 Å². The van der Waals surface area contributed by atoms with Gasteiger partial charge in [0, 0.05) is 5.02 Å². The molecule has 0 N–H and O–H groups in total. The van der Waals surface area contributed by atoms with Crippen molar-refractivity contribution in [2.45, 2.75) is 13.0 Å². The highest BCUT2D eigenvalue weighted by Gasteiger charge is 2.59. The van der Waals surface area contributed by atoms with Crippen molar-refractivity contribution in [3.05, 3.63) is 71.3 Å². The van der Waals surface area contributed by atoms with Crippen molar-refractivity contribution in [2.75, 3.05) is 4.90 Å². The first-order valence-corrected chi connectivity index (χ1v) is 9.53. The predicted octanol–water partition coefficient (Wildman–Crippen LogP) is 4.23. The number of carbonyl (C=O) groups is 2. The van der Waals surface area contributed by atoms with Crippen LogP contribution in [0.25, 0.3) is 0 Å². The van der Waals surface area contributed by atoms with Crippen LogP contribution in [0.2, 0.25) is 5.02 Å². The Morgan fingerprint density at radius 2 is 1.63 bits per heavy atom. The fourth-order valence-electron chi connectivity index (χ4n) is 4.64. The van der Waals surface area contributed by atoms with Crippen molar-refractivity contribution in [3.8, 4) is 5.75 Å². The Kier molecular flexibility index (Phi) is 3.83. The van der Waals surface area contributed by atoms with E-state index < -0.39 is 0 Å². The van der Waals surface area contributed by atoms with Crippen LogP contribution >= 0.6 is 11.6 Å². The van der Waals surface area contributed by atoms with Gasteiger partial charge in [-0.3, -0.25) is 14.5 Å². The minimum Gasteiger partial charge on any atom is -0.489 e. The molecule has 4 atom stereocenters. The van der Waals surface area contributed by atoms with Gasteiger partial charge in [-0.2, -0.15) is 0 Å². The highest BCUT2D eigenvalue weighted by atomic mass is 35.5. The predicted molar refractivity (Wildman–Crippen MR) is 102 cm³/mol. The van der Waals surface area contributed by atoms with Crippen molar-refractivity contribution in [2.24, 2.45) is 23.7 Å². The van der Waals surface area contributed by atoms with Gasteiger partial charge in [-0.25, -0.2) is 0 Å². The van der Waals surface area contributed by atoms with Crippen LogP contribution in [-0.2, 0) is 16.2 Å². The SMILES string of the molecule is O=C1[C@@H]2[C@H](C(=O)N1c1ccc(OCc3cccc(Cl)c3)cc1)[C@@H]1C=C[C@H]2C1. The maximum absolute atomic E-state index is 12.8. The average molecular weight is 380 g/mol. The zero-order valence-electron chi connectivity index (χ0n) is 14.5. The normalized spacial score (nSPS) is 28.1. The summed E-state index contributed by atoms with van der Waals surface area (Å²) in [6.07, 6.45) is 5.15. The standard InChI is InChI=1S/C22H18ClNO3/c23-16-3-1-2-13(10-16)12-27-18-8-6-17(7-9-18)24-21(25)19-14-4-5-15(11-14)20(19)22(24)26/h1-10,14-15,19-20H,11-12H2/t14-,15+,19-,20+. The van der Waals surface area contributed by atoms with E-state index in [2.05, 4.69) is 12.2 Å². The molecule has 5 heteroatoms. The monoisotopic (exact) mass is 379 g/mol. The van der Waals surface area contributed by atoms with Crippen molar-refractivity contribution >= 4 is 29.1 Å². The number of allylic oxidation sites excluding steroid dienone is 2. The van der Waals surface area contributed by atoms with E-state index in [-0.39, 0.29) is 35.5 Å². The lowest BCUT2D eigenvalue weighted by Crippen LogP contribution is -2.32. The highest BCUT2D eigenvalue weighted by molar-refractivity contribution is 6.30. The van der Waals surface area contributed by atoms with Gasteiger partial charge in [-0.15, -0.1) is 0 Å². The minimum absolute atomic E-state index is 0.0607. The maximum atomic E-state index is 12.8. The summed E-state index contributed by atoms with van der Waals surface area (Å²) in [5.41, 5.74) is 1.60. The third kappa shape index (κ3) is 2.67. The molecule has 2 aromatic rings. The van der Waals surface area contributed by atoms with Crippen LogP contribution in [0.3, 0.4) is 0 Å². The van der Waals surface area contributed by atoms with E-state index in [0.29, 0.717) is 23.1 Å². The molecule has 27 heavy (non-hydrogen) atoms. The van der Waals surface area contributed by atoms with Gasteiger partial charge in [0.25, 0.3) is 0 Å². The molecular weight excluding hydrogens is 362 g/mol. The third-order valence-corrected chi connectivity index (χ3v) is 6.09. The number of benzene rings is 2. The molecule has 1 saturated carbocycles. The number of hydrogen-bond acceptors (Lipinski definition) is 3. The molecule has 2 bridgehead atoms. The van der Waals surface area contributed by atoms with Gasteiger partial charge in [-0.1, -0.05) is 35.9 Å². The van der Waals surface area contributed by atoms with Crippen molar-refractivity contribution in [1.82, 2.24) is 0 Å². The van der Waals surface area contributed by atoms with Gasteiger partial charge < -0.3 is 4.74 Å². The Balaban J connectivity index is 1.31. The summed E-state index contributed by atoms with van der Waals surface area (Å²) in [4.78, 5) is 27.0.